The van der Waals surface area contributed by atoms with Crippen molar-refractivity contribution >= 4 is 28.6 Å². The molecule has 2 N–H and O–H groups in total. The lowest BCUT2D eigenvalue weighted by atomic mass is 9.93. The van der Waals surface area contributed by atoms with Gasteiger partial charge in [0.05, 0.1) is 10.4 Å². The number of hydrogen-bond donors (Lipinski definition) is 2. The van der Waals surface area contributed by atoms with Crippen LogP contribution in [0.15, 0.2) is 18.2 Å². The first-order chi connectivity index (χ1) is 9.56. The maximum atomic E-state index is 10.1. The second kappa shape index (κ2) is 5.30. The zero-order valence-corrected chi connectivity index (χ0v) is 13.2. The minimum Gasteiger partial charge on any atom is -0.507 e. The van der Waals surface area contributed by atoms with Gasteiger partial charge in [-0.3, -0.25) is 0 Å². The van der Waals surface area contributed by atoms with E-state index in [4.69, 9.17) is 11.6 Å². The standard InChI is InChI=1S/C16H18ClNOS/c1-9-6-7-12(10(2)16(9)19)18-13-4-3-5-14-11(13)8-15(17)20-14/h6-8,13,18-19H,3-5H2,1-2H3. The Morgan fingerprint density at radius 3 is 2.95 bits per heavy atom. The number of halogens is 1. The van der Waals surface area contributed by atoms with Crippen LogP contribution in [0.2, 0.25) is 4.34 Å². The van der Waals surface area contributed by atoms with Gasteiger partial charge in [0.15, 0.2) is 0 Å². The van der Waals surface area contributed by atoms with E-state index in [-0.39, 0.29) is 0 Å². The van der Waals surface area contributed by atoms with Crippen molar-refractivity contribution < 1.29 is 5.11 Å². The molecule has 0 radical (unpaired) electrons. The Labute approximate surface area is 128 Å². The molecule has 1 aliphatic rings. The lowest BCUT2D eigenvalue weighted by Gasteiger charge is -2.25. The molecule has 1 atom stereocenters. The molecule has 1 aliphatic carbocycles. The van der Waals surface area contributed by atoms with Gasteiger partial charge in [-0.05, 0) is 56.4 Å². The van der Waals surface area contributed by atoms with E-state index in [2.05, 4.69) is 11.4 Å². The summed E-state index contributed by atoms with van der Waals surface area (Å²) in [5.41, 5.74) is 4.16. The van der Waals surface area contributed by atoms with E-state index >= 15 is 0 Å². The second-order valence-corrected chi connectivity index (χ2v) is 7.19. The number of thiophene rings is 1. The van der Waals surface area contributed by atoms with Crippen molar-refractivity contribution in [2.24, 2.45) is 0 Å². The maximum absolute atomic E-state index is 10.1. The average molecular weight is 308 g/mol. The van der Waals surface area contributed by atoms with Crippen molar-refractivity contribution in [3.05, 3.63) is 44.1 Å². The van der Waals surface area contributed by atoms with Crippen LogP contribution in [-0.4, -0.2) is 5.11 Å². The van der Waals surface area contributed by atoms with E-state index in [1.165, 1.54) is 16.9 Å². The number of rotatable bonds is 2. The smallest absolute Gasteiger partial charge is 0.123 e. The highest BCUT2D eigenvalue weighted by Crippen LogP contribution is 2.40. The van der Waals surface area contributed by atoms with Crippen LogP contribution in [-0.2, 0) is 6.42 Å². The maximum Gasteiger partial charge on any atom is 0.123 e. The third-order valence-electron chi connectivity index (χ3n) is 4.05. The summed E-state index contributed by atoms with van der Waals surface area (Å²) in [5, 5.41) is 13.6. The largest absolute Gasteiger partial charge is 0.507 e. The van der Waals surface area contributed by atoms with E-state index in [9.17, 15) is 5.11 Å². The molecule has 1 aromatic heterocycles. The summed E-state index contributed by atoms with van der Waals surface area (Å²) in [5.74, 6) is 0.384. The van der Waals surface area contributed by atoms with Gasteiger partial charge < -0.3 is 10.4 Å². The van der Waals surface area contributed by atoms with Crippen LogP contribution >= 0.6 is 22.9 Å². The van der Waals surface area contributed by atoms with Crippen LogP contribution in [0.3, 0.4) is 0 Å². The molecular weight excluding hydrogens is 290 g/mol. The fourth-order valence-corrected chi connectivity index (χ4v) is 4.23. The first-order valence-electron chi connectivity index (χ1n) is 6.90. The SMILES string of the molecule is Cc1ccc(NC2CCCc3sc(Cl)cc32)c(C)c1O. The number of nitrogens with one attached hydrogen (secondary N) is 1. The molecule has 20 heavy (non-hydrogen) atoms. The topological polar surface area (TPSA) is 32.3 Å². The molecule has 1 unspecified atom stereocenters. The molecule has 3 rings (SSSR count). The van der Waals surface area contributed by atoms with Gasteiger partial charge in [0.25, 0.3) is 0 Å². The molecule has 0 fully saturated rings. The van der Waals surface area contributed by atoms with E-state index < -0.39 is 0 Å². The van der Waals surface area contributed by atoms with Gasteiger partial charge in [0.1, 0.15) is 5.75 Å². The molecule has 4 heteroatoms. The molecule has 0 saturated carbocycles. The Kier molecular flexibility index (Phi) is 3.65. The molecule has 1 aromatic carbocycles. The molecule has 1 heterocycles. The van der Waals surface area contributed by atoms with Crippen molar-refractivity contribution in [1.82, 2.24) is 0 Å². The molecule has 2 nitrogen and oxygen atoms in total. The first-order valence-corrected chi connectivity index (χ1v) is 8.09. The van der Waals surface area contributed by atoms with E-state index in [1.54, 1.807) is 11.3 Å². The molecule has 0 amide bonds. The minimum absolute atomic E-state index is 0.295. The monoisotopic (exact) mass is 307 g/mol. The number of phenols is 1. The zero-order chi connectivity index (χ0) is 14.3. The van der Waals surface area contributed by atoms with Crippen molar-refractivity contribution in [2.45, 2.75) is 39.2 Å². The average Bonchev–Trinajstić information content (AvgIpc) is 2.81. The van der Waals surface area contributed by atoms with Crippen molar-refractivity contribution in [1.29, 1.82) is 0 Å². The molecule has 0 saturated heterocycles. The summed E-state index contributed by atoms with van der Waals surface area (Å²) in [6.07, 6.45) is 3.41. The van der Waals surface area contributed by atoms with Crippen LogP contribution in [0.25, 0.3) is 0 Å². The molecule has 0 bridgehead atoms. The van der Waals surface area contributed by atoms with Crippen LogP contribution in [0, 0.1) is 13.8 Å². The normalized spacial score (nSPS) is 17.9. The number of phenolic OH excluding ortho intramolecular Hbond substituents is 1. The van der Waals surface area contributed by atoms with Gasteiger partial charge in [-0.25, -0.2) is 0 Å². The summed E-state index contributed by atoms with van der Waals surface area (Å²) < 4.78 is 0.868. The van der Waals surface area contributed by atoms with Gasteiger partial charge in [0, 0.05) is 16.1 Å². The predicted octanol–water partition coefficient (Wildman–Crippen LogP) is 5.21. The Balaban J connectivity index is 1.91. The van der Waals surface area contributed by atoms with Crippen LogP contribution in [0.4, 0.5) is 5.69 Å². The summed E-state index contributed by atoms with van der Waals surface area (Å²) in [6, 6.07) is 6.38. The van der Waals surface area contributed by atoms with Crippen LogP contribution < -0.4 is 5.32 Å². The number of hydrogen-bond acceptors (Lipinski definition) is 3. The lowest BCUT2D eigenvalue weighted by molar-refractivity contribution is 0.467. The highest BCUT2D eigenvalue weighted by atomic mass is 35.5. The fraction of sp³-hybridized carbons (Fsp3) is 0.375. The minimum atomic E-state index is 0.295. The number of fused-ring (bicyclic) bond motifs is 1. The highest BCUT2D eigenvalue weighted by molar-refractivity contribution is 7.16. The van der Waals surface area contributed by atoms with Crippen molar-refractivity contribution in [2.75, 3.05) is 5.32 Å². The van der Waals surface area contributed by atoms with Gasteiger partial charge >= 0.3 is 0 Å². The summed E-state index contributed by atoms with van der Waals surface area (Å²) in [6.45, 7) is 3.87. The number of anilines is 1. The first kappa shape index (κ1) is 13.8. The number of benzene rings is 1. The molecular formula is C16H18ClNOS. The van der Waals surface area contributed by atoms with E-state index in [0.717, 1.165) is 34.0 Å². The third-order valence-corrected chi connectivity index (χ3v) is 5.39. The summed E-state index contributed by atoms with van der Waals surface area (Å²) in [4.78, 5) is 1.40. The lowest BCUT2D eigenvalue weighted by Crippen LogP contribution is -2.16. The van der Waals surface area contributed by atoms with Gasteiger partial charge in [-0.15, -0.1) is 11.3 Å². The van der Waals surface area contributed by atoms with Gasteiger partial charge in [-0.1, -0.05) is 17.7 Å². The predicted molar refractivity (Wildman–Crippen MR) is 86.2 cm³/mol. The zero-order valence-electron chi connectivity index (χ0n) is 11.7. The van der Waals surface area contributed by atoms with Crippen molar-refractivity contribution in [3.63, 3.8) is 0 Å². The molecule has 106 valence electrons. The van der Waals surface area contributed by atoms with Crippen LogP contribution in [0.5, 0.6) is 5.75 Å². The molecule has 0 aliphatic heterocycles. The Hall–Kier alpha value is -1.19. The second-order valence-electron chi connectivity index (χ2n) is 5.42. The number of aryl methyl sites for hydroxylation is 2. The van der Waals surface area contributed by atoms with Gasteiger partial charge in [0.2, 0.25) is 0 Å². The molecule has 0 spiro atoms. The summed E-state index contributed by atoms with van der Waals surface area (Å²) >= 11 is 7.84. The van der Waals surface area contributed by atoms with Crippen LogP contribution in [0.1, 0.15) is 40.5 Å². The fourth-order valence-electron chi connectivity index (χ4n) is 2.85. The Morgan fingerprint density at radius 2 is 2.15 bits per heavy atom. The quantitative estimate of drug-likeness (QED) is 0.798. The Bertz CT molecular complexity index is 650. The van der Waals surface area contributed by atoms with E-state index in [0.29, 0.717) is 11.8 Å². The molecule has 2 aromatic rings. The number of aromatic hydroxyl groups is 1. The third kappa shape index (κ3) is 2.40. The van der Waals surface area contributed by atoms with Gasteiger partial charge in [-0.2, -0.15) is 0 Å². The van der Waals surface area contributed by atoms with Crippen molar-refractivity contribution in [3.8, 4) is 5.75 Å². The highest BCUT2D eigenvalue weighted by Gasteiger charge is 2.23. The van der Waals surface area contributed by atoms with E-state index in [1.807, 2.05) is 26.0 Å². The Morgan fingerprint density at radius 1 is 1.35 bits per heavy atom. The summed E-state index contributed by atoms with van der Waals surface area (Å²) in [7, 11) is 0.